The topological polar surface area (TPSA) is 98.6 Å². The van der Waals surface area contributed by atoms with Crippen molar-refractivity contribution in [1.82, 2.24) is 19.8 Å². The van der Waals surface area contributed by atoms with E-state index in [2.05, 4.69) is 15.6 Å². The van der Waals surface area contributed by atoms with Crippen molar-refractivity contribution in [1.29, 1.82) is 0 Å². The average Bonchev–Trinajstić information content (AvgIpc) is 3.05. The van der Waals surface area contributed by atoms with E-state index in [0.717, 1.165) is 0 Å². The van der Waals surface area contributed by atoms with Crippen LogP contribution in [-0.2, 0) is 14.3 Å². The first-order valence-electron chi connectivity index (χ1n) is 7.94. The normalized spacial score (nSPS) is 17.9. The monoisotopic (exact) mass is 339 g/mol. The van der Waals surface area contributed by atoms with E-state index in [1.54, 1.807) is 18.7 Å². The van der Waals surface area contributed by atoms with Crippen LogP contribution in [0.3, 0.4) is 0 Å². The van der Waals surface area contributed by atoms with Crippen molar-refractivity contribution in [2.24, 2.45) is 0 Å². The molecule has 1 saturated heterocycles. The van der Waals surface area contributed by atoms with Crippen molar-refractivity contribution in [2.45, 2.75) is 52.7 Å². The molecule has 1 aromatic rings. The van der Waals surface area contributed by atoms with Crippen LogP contribution in [0.5, 0.6) is 0 Å². The van der Waals surface area contributed by atoms with Gasteiger partial charge in [-0.2, -0.15) is 0 Å². The second-order valence-electron chi connectivity index (χ2n) is 6.81. The third kappa shape index (κ3) is 4.92. The molecule has 0 aliphatic carbocycles. The van der Waals surface area contributed by atoms with Crippen LogP contribution in [0.1, 0.15) is 38.8 Å². The SMILES string of the molecule is Cc1nnc(C)n1NC(=O)CO[C@H]1CCN(C(=O)OC(C)(C)C)C1. The number of amides is 2. The van der Waals surface area contributed by atoms with Gasteiger partial charge >= 0.3 is 6.09 Å². The number of hydrogen-bond donors (Lipinski definition) is 1. The van der Waals surface area contributed by atoms with Crippen LogP contribution >= 0.6 is 0 Å². The Morgan fingerprint density at radius 2 is 1.88 bits per heavy atom. The molecule has 9 nitrogen and oxygen atoms in total. The standard InChI is InChI=1S/C15H25N5O4/c1-10-16-17-11(2)20(10)18-13(21)9-23-12-6-7-19(8-12)14(22)24-15(3,4)5/h12H,6-9H2,1-5H3,(H,18,21)/t12-/m0/s1. The van der Waals surface area contributed by atoms with E-state index < -0.39 is 5.60 Å². The first-order chi connectivity index (χ1) is 11.2. The molecular weight excluding hydrogens is 314 g/mol. The molecule has 2 amide bonds. The van der Waals surface area contributed by atoms with Gasteiger partial charge in [0.2, 0.25) is 0 Å². The molecule has 0 radical (unpaired) electrons. The molecule has 24 heavy (non-hydrogen) atoms. The fourth-order valence-electron chi connectivity index (χ4n) is 2.34. The number of carbonyl (C=O) groups excluding carboxylic acids is 2. The van der Waals surface area contributed by atoms with E-state index in [1.807, 2.05) is 20.8 Å². The minimum Gasteiger partial charge on any atom is -0.444 e. The molecule has 1 N–H and O–H groups in total. The van der Waals surface area contributed by atoms with Crippen LogP contribution in [0.15, 0.2) is 0 Å². The Morgan fingerprint density at radius 1 is 1.25 bits per heavy atom. The molecule has 1 atom stereocenters. The van der Waals surface area contributed by atoms with Gasteiger partial charge in [0.25, 0.3) is 5.91 Å². The molecular formula is C15H25N5O4. The molecule has 0 unspecified atom stereocenters. The smallest absolute Gasteiger partial charge is 0.410 e. The molecule has 1 fully saturated rings. The highest BCUT2D eigenvalue weighted by Gasteiger charge is 2.30. The molecule has 1 aliphatic rings. The molecule has 1 aromatic heterocycles. The van der Waals surface area contributed by atoms with Gasteiger partial charge < -0.3 is 14.4 Å². The van der Waals surface area contributed by atoms with Crippen molar-refractivity contribution in [2.75, 3.05) is 25.1 Å². The van der Waals surface area contributed by atoms with Crippen LogP contribution in [-0.4, -0.2) is 63.2 Å². The number of likely N-dealkylation sites (tertiary alicyclic amines) is 1. The third-order valence-electron chi connectivity index (χ3n) is 3.47. The lowest BCUT2D eigenvalue weighted by Crippen LogP contribution is -2.36. The van der Waals surface area contributed by atoms with Gasteiger partial charge in [0.05, 0.1) is 12.6 Å². The number of nitrogens with zero attached hydrogens (tertiary/aromatic N) is 4. The Balaban J connectivity index is 1.76. The molecule has 0 aromatic carbocycles. The number of aromatic nitrogens is 3. The minimum atomic E-state index is -0.523. The summed E-state index contributed by atoms with van der Waals surface area (Å²) in [5, 5.41) is 7.73. The summed E-state index contributed by atoms with van der Waals surface area (Å²) in [7, 11) is 0. The van der Waals surface area contributed by atoms with E-state index in [0.29, 0.717) is 31.2 Å². The van der Waals surface area contributed by atoms with Gasteiger partial charge in [0.15, 0.2) is 0 Å². The summed E-state index contributed by atoms with van der Waals surface area (Å²) in [5.41, 5.74) is 2.15. The van der Waals surface area contributed by atoms with Gasteiger partial charge in [-0.05, 0) is 41.0 Å². The zero-order valence-electron chi connectivity index (χ0n) is 14.8. The van der Waals surface area contributed by atoms with Gasteiger partial charge in [0, 0.05) is 6.54 Å². The largest absolute Gasteiger partial charge is 0.444 e. The third-order valence-corrected chi connectivity index (χ3v) is 3.47. The highest BCUT2D eigenvalue weighted by Crippen LogP contribution is 2.17. The maximum atomic E-state index is 12.0. The molecule has 0 spiro atoms. The van der Waals surface area contributed by atoms with Gasteiger partial charge in [-0.3, -0.25) is 10.2 Å². The fourth-order valence-corrected chi connectivity index (χ4v) is 2.34. The lowest BCUT2D eigenvalue weighted by atomic mass is 10.2. The van der Waals surface area contributed by atoms with Crippen molar-refractivity contribution in [3.05, 3.63) is 11.6 Å². The predicted octanol–water partition coefficient (Wildman–Crippen LogP) is 0.991. The molecule has 0 saturated carbocycles. The zero-order chi connectivity index (χ0) is 17.9. The molecule has 0 bridgehead atoms. The van der Waals surface area contributed by atoms with Crippen LogP contribution in [0.4, 0.5) is 4.79 Å². The van der Waals surface area contributed by atoms with Crippen LogP contribution < -0.4 is 5.43 Å². The molecule has 2 rings (SSSR count). The van der Waals surface area contributed by atoms with Crippen molar-refractivity contribution in [3.63, 3.8) is 0 Å². The maximum Gasteiger partial charge on any atom is 0.410 e. The average molecular weight is 339 g/mol. The number of nitrogens with one attached hydrogen (secondary N) is 1. The molecule has 134 valence electrons. The molecule has 2 heterocycles. The zero-order valence-corrected chi connectivity index (χ0v) is 14.8. The number of rotatable bonds is 4. The van der Waals surface area contributed by atoms with E-state index >= 15 is 0 Å². The fraction of sp³-hybridized carbons (Fsp3) is 0.733. The van der Waals surface area contributed by atoms with Crippen molar-refractivity contribution in [3.8, 4) is 0 Å². The summed E-state index contributed by atoms with van der Waals surface area (Å²) in [6, 6.07) is 0. The summed E-state index contributed by atoms with van der Waals surface area (Å²) < 4.78 is 12.4. The summed E-state index contributed by atoms with van der Waals surface area (Å²) >= 11 is 0. The Hall–Kier alpha value is -2.16. The van der Waals surface area contributed by atoms with Crippen LogP contribution in [0, 0.1) is 13.8 Å². The second kappa shape index (κ2) is 7.16. The van der Waals surface area contributed by atoms with Gasteiger partial charge in [0.1, 0.15) is 23.9 Å². The Morgan fingerprint density at radius 3 is 2.46 bits per heavy atom. The summed E-state index contributed by atoms with van der Waals surface area (Å²) in [5.74, 6) is 0.896. The summed E-state index contributed by atoms with van der Waals surface area (Å²) in [6.45, 7) is 9.87. The number of carbonyl (C=O) groups is 2. The first kappa shape index (κ1) is 18.2. The quantitative estimate of drug-likeness (QED) is 0.878. The Labute approximate surface area is 141 Å². The van der Waals surface area contributed by atoms with E-state index in [-0.39, 0.29) is 24.7 Å². The molecule has 1 aliphatic heterocycles. The van der Waals surface area contributed by atoms with Crippen molar-refractivity contribution < 1.29 is 19.1 Å². The highest BCUT2D eigenvalue weighted by molar-refractivity contribution is 5.84. The number of hydrogen-bond acceptors (Lipinski definition) is 6. The Kier molecular flexibility index (Phi) is 5.43. The van der Waals surface area contributed by atoms with Crippen molar-refractivity contribution >= 4 is 12.0 Å². The van der Waals surface area contributed by atoms with E-state index in [9.17, 15) is 9.59 Å². The first-order valence-corrected chi connectivity index (χ1v) is 7.94. The van der Waals surface area contributed by atoms with Crippen LogP contribution in [0.25, 0.3) is 0 Å². The summed E-state index contributed by atoms with van der Waals surface area (Å²) in [6.07, 6.45) is 0.150. The molecule has 9 heteroatoms. The van der Waals surface area contributed by atoms with Gasteiger partial charge in [-0.25, -0.2) is 9.47 Å². The summed E-state index contributed by atoms with van der Waals surface area (Å²) in [4.78, 5) is 25.5. The lowest BCUT2D eigenvalue weighted by molar-refractivity contribution is -0.123. The predicted molar refractivity (Wildman–Crippen MR) is 86.0 cm³/mol. The second-order valence-corrected chi connectivity index (χ2v) is 6.81. The minimum absolute atomic E-state index is 0.0934. The lowest BCUT2D eigenvalue weighted by Gasteiger charge is -2.24. The number of ether oxygens (including phenoxy) is 2. The van der Waals surface area contributed by atoms with Crippen LogP contribution in [0.2, 0.25) is 0 Å². The number of aryl methyl sites for hydroxylation is 2. The van der Waals surface area contributed by atoms with Gasteiger partial charge in [-0.1, -0.05) is 0 Å². The van der Waals surface area contributed by atoms with Gasteiger partial charge in [-0.15, -0.1) is 10.2 Å². The Bertz CT molecular complexity index is 588. The van der Waals surface area contributed by atoms with E-state index in [4.69, 9.17) is 9.47 Å². The highest BCUT2D eigenvalue weighted by atomic mass is 16.6. The maximum absolute atomic E-state index is 12.0. The van der Waals surface area contributed by atoms with E-state index in [1.165, 1.54) is 4.68 Å².